The number of furan rings is 1. The molecule has 3 heterocycles. The Morgan fingerprint density at radius 3 is 2.82 bits per heavy atom. The van der Waals surface area contributed by atoms with E-state index in [0.717, 1.165) is 63.8 Å². The first-order valence-electron chi connectivity index (χ1n) is 8.82. The lowest BCUT2D eigenvalue weighted by atomic mass is 9.86. The van der Waals surface area contributed by atoms with Gasteiger partial charge in [0.1, 0.15) is 5.76 Å². The molecule has 1 atom stereocenters. The minimum atomic E-state index is 0.0872. The van der Waals surface area contributed by atoms with Gasteiger partial charge in [-0.3, -0.25) is 4.90 Å². The molecule has 4 rings (SSSR count). The molecule has 4 heteroatoms. The van der Waals surface area contributed by atoms with E-state index in [1.54, 1.807) is 6.26 Å². The lowest BCUT2D eigenvalue weighted by Gasteiger charge is -2.38. The number of hydrogen-bond donors (Lipinski definition) is 0. The smallest absolute Gasteiger partial charge is 0.117 e. The number of piperidine rings is 1. The van der Waals surface area contributed by atoms with Crippen molar-refractivity contribution in [1.29, 1.82) is 0 Å². The highest BCUT2D eigenvalue weighted by molar-refractivity contribution is 5.00. The van der Waals surface area contributed by atoms with Gasteiger partial charge in [-0.25, -0.2) is 0 Å². The summed E-state index contributed by atoms with van der Waals surface area (Å²) in [6, 6.07) is 4.02. The van der Waals surface area contributed by atoms with Crippen LogP contribution in [0.15, 0.2) is 22.8 Å². The first kappa shape index (κ1) is 14.7. The van der Waals surface area contributed by atoms with Crippen molar-refractivity contribution >= 4 is 0 Å². The van der Waals surface area contributed by atoms with Crippen molar-refractivity contribution < 1.29 is 13.9 Å². The second-order valence-electron chi connectivity index (χ2n) is 7.31. The third kappa shape index (κ3) is 3.24. The van der Waals surface area contributed by atoms with Gasteiger partial charge >= 0.3 is 0 Å². The highest BCUT2D eigenvalue weighted by Gasteiger charge is 2.43. The van der Waals surface area contributed by atoms with Crippen LogP contribution in [-0.4, -0.2) is 42.9 Å². The van der Waals surface area contributed by atoms with Gasteiger partial charge in [0, 0.05) is 26.1 Å². The third-order valence-corrected chi connectivity index (χ3v) is 5.69. The molecule has 1 aromatic rings. The second-order valence-corrected chi connectivity index (χ2v) is 7.31. The van der Waals surface area contributed by atoms with Crippen molar-refractivity contribution in [3.63, 3.8) is 0 Å². The van der Waals surface area contributed by atoms with E-state index in [-0.39, 0.29) is 5.60 Å². The molecule has 0 aromatic carbocycles. The molecule has 3 aliphatic rings. The molecule has 1 spiro atoms. The lowest BCUT2D eigenvalue weighted by Crippen LogP contribution is -2.43. The van der Waals surface area contributed by atoms with Crippen LogP contribution in [-0.2, 0) is 16.0 Å². The van der Waals surface area contributed by atoms with E-state index in [4.69, 9.17) is 13.9 Å². The van der Waals surface area contributed by atoms with Crippen LogP contribution in [0, 0.1) is 5.92 Å². The quantitative estimate of drug-likeness (QED) is 0.836. The fourth-order valence-electron chi connectivity index (χ4n) is 3.93. The maximum absolute atomic E-state index is 6.19. The van der Waals surface area contributed by atoms with Gasteiger partial charge in [-0.2, -0.15) is 0 Å². The highest BCUT2D eigenvalue weighted by atomic mass is 16.6. The predicted molar refractivity (Wildman–Crippen MR) is 83.6 cm³/mol. The average Bonchev–Trinajstić information content (AvgIpc) is 3.11. The van der Waals surface area contributed by atoms with Crippen LogP contribution in [0.25, 0.3) is 0 Å². The van der Waals surface area contributed by atoms with E-state index in [1.165, 1.54) is 19.3 Å². The topological polar surface area (TPSA) is 34.8 Å². The zero-order valence-corrected chi connectivity index (χ0v) is 13.3. The summed E-state index contributed by atoms with van der Waals surface area (Å²) < 4.78 is 17.7. The monoisotopic (exact) mass is 305 g/mol. The molecular formula is C18H27NO3. The molecule has 1 saturated carbocycles. The van der Waals surface area contributed by atoms with Gasteiger partial charge < -0.3 is 13.9 Å². The van der Waals surface area contributed by atoms with Gasteiger partial charge in [-0.15, -0.1) is 0 Å². The lowest BCUT2D eigenvalue weighted by molar-refractivity contribution is -0.0482. The van der Waals surface area contributed by atoms with E-state index < -0.39 is 0 Å². The Labute approximate surface area is 132 Å². The molecular weight excluding hydrogens is 278 g/mol. The molecule has 1 aliphatic carbocycles. The van der Waals surface area contributed by atoms with Crippen molar-refractivity contribution in [1.82, 2.24) is 4.90 Å². The van der Waals surface area contributed by atoms with Crippen molar-refractivity contribution in [3.05, 3.63) is 24.2 Å². The summed E-state index contributed by atoms with van der Waals surface area (Å²) in [5, 5.41) is 0. The first-order chi connectivity index (χ1) is 10.8. The molecule has 1 aromatic heterocycles. The van der Waals surface area contributed by atoms with Crippen LogP contribution < -0.4 is 0 Å². The maximum atomic E-state index is 6.19. The van der Waals surface area contributed by atoms with Crippen LogP contribution in [0.3, 0.4) is 0 Å². The fraction of sp³-hybridized carbons (Fsp3) is 0.778. The number of nitrogens with zero attached hydrogens (tertiary/aromatic N) is 1. The SMILES string of the molecule is c1coc(CN2CCC3(CC2)C[C@@H](OCC2CCC2)CO3)c1. The van der Waals surface area contributed by atoms with Crippen molar-refractivity contribution in [2.75, 3.05) is 26.3 Å². The molecule has 0 unspecified atom stereocenters. The van der Waals surface area contributed by atoms with Crippen LogP contribution in [0.4, 0.5) is 0 Å². The van der Waals surface area contributed by atoms with Gasteiger partial charge in [0.25, 0.3) is 0 Å². The minimum absolute atomic E-state index is 0.0872. The maximum Gasteiger partial charge on any atom is 0.117 e. The van der Waals surface area contributed by atoms with Gasteiger partial charge in [0.15, 0.2) is 0 Å². The molecule has 0 amide bonds. The summed E-state index contributed by atoms with van der Waals surface area (Å²) in [5.74, 6) is 1.89. The zero-order valence-electron chi connectivity index (χ0n) is 13.3. The zero-order chi connectivity index (χ0) is 14.8. The number of rotatable bonds is 5. The van der Waals surface area contributed by atoms with Crippen molar-refractivity contribution in [3.8, 4) is 0 Å². The fourth-order valence-corrected chi connectivity index (χ4v) is 3.93. The Balaban J connectivity index is 1.22. The second kappa shape index (κ2) is 6.34. The van der Waals surface area contributed by atoms with Crippen LogP contribution in [0.5, 0.6) is 0 Å². The van der Waals surface area contributed by atoms with E-state index in [1.807, 2.05) is 6.07 Å². The average molecular weight is 305 g/mol. The molecule has 3 fully saturated rings. The molecule has 0 bridgehead atoms. The van der Waals surface area contributed by atoms with Crippen molar-refractivity contribution in [2.45, 2.75) is 56.8 Å². The Bertz CT molecular complexity index is 461. The minimum Gasteiger partial charge on any atom is -0.468 e. The normalized spacial score (nSPS) is 29.0. The third-order valence-electron chi connectivity index (χ3n) is 5.69. The molecule has 0 N–H and O–H groups in total. The highest BCUT2D eigenvalue weighted by Crippen LogP contribution is 2.38. The Morgan fingerprint density at radius 1 is 1.27 bits per heavy atom. The number of likely N-dealkylation sites (tertiary alicyclic amines) is 1. The standard InChI is InChI=1S/C18H27NO3/c1-3-15(4-1)13-21-17-11-18(22-14-17)6-8-19(9-7-18)12-16-5-2-10-20-16/h2,5,10,15,17H,1,3-4,6-9,11-14H2/t17-/m1/s1. The van der Waals surface area contributed by atoms with E-state index in [2.05, 4.69) is 11.0 Å². The van der Waals surface area contributed by atoms with Crippen LogP contribution in [0.1, 0.15) is 44.3 Å². The number of hydrogen-bond acceptors (Lipinski definition) is 4. The van der Waals surface area contributed by atoms with Crippen LogP contribution >= 0.6 is 0 Å². The van der Waals surface area contributed by atoms with Crippen molar-refractivity contribution in [2.24, 2.45) is 5.92 Å². The first-order valence-corrected chi connectivity index (χ1v) is 8.82. The Morgan fingerprint density at radius 2 is 2.14 bits per heavy atom. The van der Waals surface area contributed by atoms with E-state index in [9.17, 15) is 0 Å². The predicted octanol–water partition coefficient (Wildman–Crippen LogP) is 3.22. The number of ether oxygens (including phenoxy) is 2. The van der Waals surface area contributed by atoms with Crippen LogP contribution in [0.2, 0.25) is 0 Å². The summed E-state index contributed by atoms with van der Waals surface area (Å²) >= 11 is 0. The van der Waals surface area contributed by atoms with E-state index >= 15 is 0 Å². The Hall–Kier alpha value is -0.840. The van der Waals surface area contributed by atoms with Gasteiger partial charge in [-0.1, -0.05) is 6.42 Å². The Kier molecular flexibility index (Phi) is 4.25. The summed E-state index contributed by atoms with van der Waals surface area (Å²) in [4.78, 5) is 2.47. The van der Waals surface area contributed by atoms with Gasteiger partial charge in [-0.05, 0) is 43.7 Å². The molecule has 122 valence electrons. The molecule has 0 radical (unpaired) electrons. The van der Waals surface area contributed by atoms with Gasteiger partial charge in [0.05, 0.1) is 31.1 Å². The molecule has 22 heavy (non-hydrogen) atoms. The summed E-state index contributed by atoms with van der Waals surface area (Å²) in [6.45, 7) is 4.86. The summed E-state index contributed by atoms with van der Waals surface area (Å²) in [6.07, 6.45) is 9.54. The summed E-state index contributed by atoms with van der Waals surface area (Å²) in [7, 11) is 0. The van der Waals surface area contributed by atoms with Gasteiger partial charge in [0.2, 0.25) is 0 Å². The summed E-state index contributed by atoms with van der Waals surface area (Å²) in [5.41, 5.74) is 0.0872. The largest absolute Gasteiger partial charge is 0.468 e. The molecule has 4 nitrogen and oxygen atoms in total. The van der Waals surface area contributed by atoms with E-state index in [0.29, 0.717) is 6.10 Å². The molecule has 2 saturated heterocycles. The molecule has 2 aliphatic heterocycles.